The molecule has 142 valence electrons. The number of methoxy groups -OCH3 is 1. The number of aliphatic carboxylic acids is 1. The maximum Gasteiger partial charge on any atom is 0.339 e. The van der Waals surface area contributed by atoms with E-state index < -0.39 is 11.8 Å². The third-order valence-corrected chi connectivity index (χ3v) is 3.55. The fraction of sp³-hybridized carbons (Fsp3) is 0.0500. The van der Waals surface area contributed by atoms with Crippen LogP contribution >= 0.6 is 0 Å². The summed E-state index contributed by atoms with van der Waals surface area (Å²) in [5.74, 6) is -1.52. The molecule has 1 heterocycles. The van der Waals surface area contributed by atoms with E-state index in [9.17, 15) is 14.3 Å². The number of carbonyl (C=O) groups is 1. The van der Waals surface area contributed by atoms with E-state index in [-0.39, 0.29) is 34.3 Å². The third kappa shape index (κ3) is 4.24. The molecule has 0 saturated carbocycles. The van der Waals surface area contributed by atoms with Crippen molar-refractivity contribution in [1.82, 2.24) is 9.97 Å². The van der Waals surface area contributed by atoms with Crippen LogP contribution in [0.4, 0.5) is 4.39 Å². The highest BCUT2D eigenvalue weighted by Gasteiger charge is 2.19. The number of nitrogens with zero attached hydrogens (tertiary/aromatic N) is 2. The lowest BCUT2D eigenvalue weighted by atomic mass is 10.1. The summed E-state index contributed by atoms with van der Waals surface area (Å²) in [5.41, 5.74) is 0.163. The summed E-state index contributed by atoms with van der Waals surface area (Å²) in [5, 5.41) is 9.43. The number of benzene rings is 2. The number of carboxylic acid groups (broad SMARTS) is 1. The molecule has 0 saturated heterocycles. The number of halogens is 1. The van der Waals surface area contributed by atoms with Crippen LogP contribution in [0.1, 0.15) is 5.56 Å². The maximum atomic E-state index is 13.9. The van der Waals surface area contributed by atoms with Gasteiger partial charge >= 0.3 is 5.97 Å². The highest BCUT2D eigenvalue weighted by Crippen LogP contribution is 2.35. The van der Waals surface area contributed by atoms with Crippen molar-refractivity contribution in [3.63, 3.8) is 0 Å². The second-order valence-electron chi connectivity index (χ2n) is 5.40. The first-order valence-corrected chi connectivity index (χ1v) is 8.06. The average Bonchev–Trinajstić information content (AvgIpc) is 2.70. The van der Waals surface area contributed by atoms with Crippen molar-refractivity contribution < 1.29 is 28.5 Å². The van der Waals surface area contributed by atoms with E-state index in [1.54, 1.807) is 30.3 Å². The quantitative estimate of drug-likeness (QED) is 0.482. The highest BCUT2D eigenvalue weighted by atomic mass is 19.1. The minimum Gasteiger partial charge on any atom is -0.503 e. The monoisotopic (exact) mass is 382 g/mol. The van der Waals surface area contributed by atoms with Gasteiger partial charge in [0.15, 0.2) is 11.6 Å². The summed E-state index contributed by atoms with van der Waals surface area (Å²) >= 11 is 0. The predicted molar refractivity (Wildman–Crippen MR) is 97.6 cm³/mol. The second-order valence-corrected chi connectivity index (χ2v) is 5.40. The molecule has 0 spiro atoms. The van der Waals surface area contributed by atoms with Crippen molar-refractivity contribution in [2.45, 2.75) is 0 Å². The van der Waals surface area contributed by atoms with Crippen LogP contribution < -0.4 is 9.47 Å². The number of aromatic nitrogens is 2. The zero-order valence-corrected chi connectivity index (χ0v) is 14.7. The topological polar surface area (TPSA) is 90.8 Å². The first kappa shape index (κ1) is 18.8. The molecule has 0 aliphatic carbocycles. The van der Waals surface area contributed by atoms with Crippen LogP contribution in [0.2, 0.25) is 0 Å². The van der Waals surface area contributed by atoms with E-state index >= 15 is 0 Å². The van der Waals surface area contributed by atoms with Gasteiger partial charge in [0.1, 0.15) is 17.6 Å². The Morgan fingerprint density at radius 1 is 1.04 bits per heavy atom. The zero-order valence-electron chi connectivity index (χ0n) is 14.7. The normalized spacial score (nSPS) is 11.0. The Morgan fingerprint density at radius 2 is 1.75 bits per heavy atom. The van der Waals surface area contributed by atoms with Crippen molar-refractivity contribution >= 4 is 11.5 Å². The van der Waals surface area contributed by atoms with Crippen molar-refractivity contribution in [1.29, 1.82) is 0 Å². The molecule has 7 nitrogen and oxygen atoms in total. The number of carboxylic acids is 1. The van der Waals surface area contributed by atoms with Gasteiger partial charge in [-0.05, 0) is 18.2 Å². The summed E-state index contributed by atoms with van der Waals surface area (Å²) in [6.45, 7) is 0. The van der Waals surface area contributed by atoms with Gasteiger partial charge in [0.25, 0.3) is 5.88 Å². The molecule has 2 aromatic carbocycles. The summed E-state index contributed by atoms with van der Waals surface area (Å²) in [7, 11) is 1.34. The molecular formula is C20H15FN2O5. The molecule has 0 fully saturated rings. The molecule has 1 aromatic heterocycles. The zero-order chi connectivity index (χ0) is 19.9. The molecule has 3 rings (SSSR count). The Bertz CT molecular complexity index is 1020. The van der Waals surface area contributed by atoms with Gasteiger partial charge in [-0.3, -0.25) is 0 Å². The molecule has 0 aliphatic heterocycles. The maximum absolute atomic E-state index is 13.9. The predicted octanol–water partition coefficient (Wildman–Crippen LogP) is 4.27. The lowest BCUT2D eigenvalue weighted by Gasteiger charge is -2.13. The van der Waals surface area contributed by atoms with Crippen LogP contribution in [0.3, 0.4) is 0 Å². The SMILES string of the molecule is CO/C=C(/C(=O)O)c1ccccc1Oc1ncncc1Oc1ccccc1F. The molecule has 0 radical (unpaired) electrons. The molecule has 0 amide bonds. The van der Waals surface area contributed by atoms with Gasteiger partial charge in [0.05, 0.1) is 19.6 Å². The number of rotatable bonds is 7. The van der Waals surface area contributed by atoms with Crippen LogP contribution in [0.25, 0.3) is 5.57 Å². The lowest BCUT2D eigenvalue weighted by Crippen LogP contribution is -2.03. The molecule has 28 heavy (non-hydrogen) atoms. The Morgan fingerprint density at radius 3 is 2.46 bits per heavy atom. The smallest absolute Gasteiger partial charge is 0.339 e. The summed E-state index contributed by atoms with van der Waals surface area (Å²) < 4.78 is 30.0. The Balaban J connectivity index is 1.97. The van der Waals surface area contributed by atoms with Gasteiger partial charge in [0, 0.05) is 5.56 Å². The van der Waals surface area contributed by atoms with Gasteiger partial charge in [-0.25, -0.2) is 14.2 Å². The van der Waals surface area contributed by atoms with Gasteiger partial charge in [0.2, 0.25) is 5.75 Å². The minimum absolute atomic E-state index is 0.00661. The van der Waals surface area contributed by atoms with Gasteiger partial charge in [-0.1, -0.05) is 30.3 Å². The molecule has 3 aromatic rings. The Kier molecular flexibility index (Phi) is 5.81. The van der Waals surface area contributed by atoms with Crippen LogP contribution in [-0.4, -0.2) is 28.2 Å². The number of hydrogen-bond donors (Lipinski definition) is 1. The van der Waals surface area contributed by atoms with Gasteiger partial charge in [-0.15, -0.1) is 0 Å². The van der Waals surface area contributed by atoms with E-state index in [1.165, 1.54) is 37.8 Å². The lowest BCUT2D eigenvalue weighted by molar-refractivity contribution is -0.130. The fourth-order valence-electron chi connectivity index (χ4n) is 2.33. The molecule has 0 atom stereocenters. The number of ether oxygens (including phenoxy) is 3. The average molecular weight is 382 g/mol. The number of para-hydroxylation sites is 2. The van der Waals surface area contributed by atoms with Crippen molar-refractivity contribution in [2.24, 2.45) is 0 Å². The van der Waals surface area contributed by atoms with Crippen molar-refractivity contribution in [3.05, 3.63) is 78.7 Å². The third-order valence-electron chi connectivity index (χ3n) is 3.55. The number of hydrogen-bond acceptors (Lipinski definition) is 6. The van der Waals surface area contributed by atoms with Crippen LogP contribution in [0.15, 0.2) is 67.3 Å². The van der Waals surface area contributed by atoms with E-state index in [0.717, 1.165) is 6.26 Å². The standard InChI is InChI=1S/C20H15FN2O5/c1-26-11-14(20(24)25)13-6-2-4-8-16(13)28-19-18(10-22-12-23-19)27-17-9-5-3-7-15(17)21/h2-12H,1H3,(H,24,25)/b14-11+. The van der Waals surface area contributed by atoms with Crippen LogP contribution in [0.5, 0.6) is 23.1 Å². The summed E-state index contributed by atoms with van der Waals surface area (Å²) in [6.07, 6.45) is 3.65. The highest BCUT2D eigenvalue weighted by molar-refractivity contribution is 6.15. The Hall–Kier alpha value is -3.94. The molecule has 1 N–H and O–H groups in total. The van der Waals surface area contributed by atoms with Crippen LogP contribution in [0, 0.1) is 5.82 Å². The first-order valence-electron chi connectivity index (χ1n) is 8.06. The van der Waals surface area contributed by atoms with E-state index in [0.29, 0.717) is 0 Å². The van der Waals surface area contributed by atoms with E-state index in [2.05, 4.69) is 9.97 Å². The summed E-state index contributed by atoms with van der Waals surface area (Å²) in [4.78, 5) is 19.4. The molecule has 8 heteroatoms. The van der Waals surface area contributed by atoms with Crippen LogP contribution in [-0.2, 0) is 9.53 Å². The molecule has 0 bridgehead atoms. The van der Waals surface area contributed by atoms with Gasteiger partial charge in [-0.2, -0.15) is 4.98 Å². The minimum atomic E-state index is -1.19. The van der Waals surface area contributed by atoms with Gasteiger partial charge < -0.3 is 19.3 Å². The fourth-order valence-corrected chi connectivity index (χ4v) is 2.33. The van der Waals surface area contributed by atoms with Crippen molar-refractivity contribution in [3.8, 4) is 23.1 Å². The second kappa shape index (κ2) is 8.63. The van der Waals surface area contributed by atoms with E-state index in [4.69, 9.17) is 14.2 Å². The van der Waals surface area contributed by atoms with Crippen molar-refractivity contribution in [2.75, 3.05) is 7.11 Å². The first-order chi connectivity index (χ1) is 13.6. The summed E-state index contributed by atoms with van der Waals surface area (Å²) in [6, 6.07) is 12.3. The molecule has 0 aliphatic rings. The molecule has 0 unspecified atom stereocenters. The molecular weight excluding hydrogens is 367 g/mol. The largest absolute Gasteiger partial charge is 0.503 e. The van der Waals surface area contributed by atoms with E-state index in [1.807, 2.05) is 0 Å². The Labute approximate surface area is 159 Å².